The lowest BCUT2D eigenvalue weighted by molar-refractivity contribution is 0.545. The third kappa shape index (κ3) is 3.62. The number of hydrogen-bond acceptors (Lipinski definition) is 5. The maximum absolute atomic E-state index is 6.07. The summed E-state index contributed by atoms with van der Waals surface area (Å²) in [7, 11) is 0. The molecule has 0 radical (unpaired) electrons. The highest BCUT2D eigenvalue weighted by atomic mass is 32.2. The number of rotatable bonds is 4. The van der Waals surface area contributed by atoms with Crippen molar-refractivity contribution in [3.63, 3.8) is 0 Å². The van der Waals surface area contributed by atoms with Gasteiger partial charge in [-0.05, 0) is 26.0 Å². The smallest absolute Gasteiger partial charge is 0.138 e. The van der Waals surface area contributed by atoms with Crippen LogP contribution in [0.4, 0.5) is 11.6 Å². The minimum Gasteiger partial charge on any atom is -0.383 e. The minimum absolute atomic E-state index is 0.0944. The lowest BCUT2D eigenvalue weighted by Crippen LogP contribution is -2.31. The fourth-order valence-corrected chi connectivity index (χ4v) is 3.67. The molecule has 1 aromatic rings. The van der Waals surface area contributed by atoms with E-state index in [2.05, 4.69) is 37.3 Å². The first-order chi connectivity index (χ1) is 9.77. The van der Waals surface area contributed by atoms with E-state index in [-0.39, 0.29) is 5.41 Å². The van der Waals surface area contributed by atoms with Gasteiger partial charge in [-0.2, -0.15) is 11.8 Å². The molecule has 21 heavy (non-hydrogen) atoms. The van der Waals surface area contributed by atoms with Crippen LogP contribution in [0.25, 0.3) is 0 Å². The molecule has 1 fully saturated rings. The lowest BCUT2D eigenvalue weighted by Gasteiger charge is -2.28. The number of nitrogen functional groups attached to an aromatic ring is 1. The summed E-state index contributed by atoms with van der Waals surface area (Å²) in [6.45, 7) is 9.28. The second-order valence-corrected chi connectivity index (χ2v) is 8.38. The molecule has 0 spiro atoms. The van der Waals surface area contributed by atoms with Crippen LogP contribution in [0, 0.1) is 6.92 Å². The zero-order chi connectivity index (χ0) is 15.7. The van der Waals surface area contributed by atoms with Crippen molar-refractivity contribution >= 4 is 23.4 Å². The van der Waals surface area contributed by atoms with Gasteiger partial charge in [0.05, 0.1) is 0 Å². The van der Waals surface area contributed by atoms with Crippen LogP contribution < -0.4 is 11.1 Å². The third-order valence-electron chi connectivity index (χ3n) is 4.38. The van der Waals surface area contributed by atoms with Gasteiger partial charge in [-0.1, -0.05) is 33.6 Å². The molecular weight excluding hydrogens is 280 g/mol. The fourth-order valence-electron chi connectivity index (χ4n) is 2.76. The second kappa shape index (κ2) is 6.03. The van der Waals surface area contributed by atoms with Crippen LogP contribution in [0.3, 0.4) is 0 Å². The van der Waals surface area contributed by atoms with Gasteiger partial charge in [0.15, 0.2) is 0 Å². The highest BCUT2D eigenvalue weighted by Gasteiger charge is 2.33. The number of nitrogens with two attached hydrogens (primary N) is 1. The van der Waals surface area contributed by atoms with Gasteiger partial charge in [0.2, 0.25) is 0 Å². The van der Waals surface area contributed by atoms with E-state index in [1.165, 1.54) is 25.7 Å². The van der Waals surface area contributed by atoms with Crippen molar-refractivity contribution in [1.82, 2.24) is 9.97 Å². The predicted molar refractivity (Wildman–Crippen MR) is 93.1 cm³/mol. The Labute approximate surface area is 132 Å². The number of anilines is 2. The van der Waals surface area contributed by atoms with Crippen LogP contribution in [0.2, 0.25) is 0 Å². The Kier molecular flexibility index (Phi) is 4.71. The summed E-state index contributed by atoms with van der Waals surface area (Å²) in [5.41, 5.74) is 6.93. The van der Waals surface area contributed by atoms with Gasteiger partial charge in [0.1, 0.15) is 17.5 Å². The van der Waals surface area contributed by atoms with E-state index in [4.69, 9.17) is 10.7 Å². The Hall–Kier alpha value is -0.970. The molecular formula is C16H28N4S. The Morgan fingerprint density at radius 2 is 1.86 bits per heavy atom. The SMILES string of the molecule is CSC1(CNc2nc(C(C)(C)C)nc(N)c2C)CCCC1. The maximum Gasteiger partial charge on any atom is 0.138 e. The summed E-state index contributed by atoms with van der Waals surface area (Å²) >= 11 is 1.98. The van der Waals surface area contributed by atoms with Gasteiger partial charge < -0.3 is 11.1 Å². The van der Waals surface area contributed by atoms with Crippen molar-refractivity contribution in [3.8, 4) is 0 Å². The molecule has 1 aromatic heterocycles. The first-order valence-electron chi connectivity index (χ1n) is 7.71. The summed E-state index contributed by atoms with van der Waals surface area (Å²) in [6.07, 6.45) is 7.45. The topological polar surface area (TPSA) is 63.8 Å². The number of nitrogens with one attached hydrogen (secondary N) is 1. The fraction of sp³-hybridized carbons (Fsp3) is 0.750. The zero-order valence-electron chi connectivity index (χ0n) is 13.9. The number of thioether (sulfide) groups is 1. The lowest BCUT2D eigenvalue weighted by atomic mass is 9.95. The molecule has 1 aliphatic carbocycles. The van der Waals surface area contributed by atoms with E-state index in [1.54, 1.807) is 0 Å². The van der Waals surface area contributed by atoms with Crippen molar-refractivity contribution in [3.05, 3.63) is 11.4 Å². The largest absolute Gasteiger partial charge is 0.383 e. The van der Waals surface area contributed by atoms with Crippen molar-refractivity contribution in [2.75, 3.05) is 23.9 Å². The first kappa shape index (κ1) is 16.4. The van der Waals surface area contributed by atoms with E-state index in [0.717, 1.165) is 23.8 Å². The van der Waals surface area contributed by atoms with Crippen LogP contribution >= 0.6 is 11.8 Å². The molecule has 0 saturated heterocycles. The second-order valence-electron chi connectivity index (χ2n) is 7.10. The standard InChI is InChI=1S/C16H28N4S/c1-11-12(17)19-14(15(2,3)4)20-13(11)18-10-16(21-5)8-6-7-9-16/h6-10H2,1-5H3,(H3,17,18,19,20). The molecule has 1 heterocycles. The van der Waals surface area contributed by atoms with Crippen LogP contribution in [0.1, 0.15) is 57.8 Å². The quantitative estimate of drug-likeness (QED) is 0.887. The Bertz CT molecular complexity index is 502. The predicted octanol–water partition coefficient (Wildman–Crippen LogP) is 3.75. The van der Waals surface area contributed by atoms with Gasteiger partial charge >= 0.3 is 0 Å². The minimum atomic E-state index is -0.0944. The molecule has 0 bridgehead atoms. The molecule has 1 saturated carbocycles. The van der Waals surface area contributed by atoms with Crippen LogP contribution in [0.5, 0.6) is 0 Å². The van der Waals surface area contributed by atoms with Gasteiger partial charge in [-0.15, -0.1) is 0 Å². The molecule has 0 aromatic carbocycles. The van der Waals surface area contributed by atoms with Crippen LogP contribution in [-0.4, -0.2) is 27.5 Å². The average molecular weight is 308 g/mol. The highest BCUT2D eigenvalue weighted by molar-refractivity contribution is 8.00. The third-order valence-corrected chi connectivity index (χ3v) is 5.80. The van der Waals surface area contributed by atoms with Crippen molar-refractivity contribution in [1.29, 1.82) is 0 Å². The van der Waals surface area contributed by atoms with Crippen molar-refractivity contribution in [2.24, 2.45) is 0 Å². The molecule has 0 aliphatic heterocycles. The average Bonchev–Trinajstić information content (AvgIpc) is 2.88. The molecule has 0 unspecified atom stereocenters. The highest BCUT2D eigenvalue weighted by Crippen LogP contribution is 2.40. The van der Waals surface area contributed by atoms with Gasteiger partial charge in [0, 0.05) is 22.3 Å². The number of nitrogens with zero attached hydrogens (tertiary/aromatic N) is 2. The molecule has 3 N–H and O–H groups in total. The Balaban J connectivity index is 2.21. The maximum atomic E-state index is 6.07. The van der Waals surface area contributed by atoms with Gasteiger partial charge in [0.25, 0.3) is 0 Å². The summed E-state index contributed by atoms with van der Waals surface area (Å²) in [4.78, 5) is 9.16. The summed E-state index contributed by atoms with van der Waals surface area (Å²) in [6, 6.07) is 0. The zero-order valence-corrected chi connectivity index (χ0v) is 14.7. The molecule has 5 heteroatoms. The first-order valence-corrected chi connectivity index (χ1v) is 8.93. The van der Waals surface area contributed by atoms with E-state index < -0.39 is 0 Å². The summed E-state index contributed by atoms with van der Waals surface area (Å²) < 4.78 is 0.355. The van der Waals surface area contributed by atoms with E-state index >= 15 is 0 Å². The molecule has 2 rings (SSSR count). The van der Waals surface area contributed by atoms with E-state index in [9.17, 15) is 0 Å². The molecule has 0 atom stereocenters. The normalized spacial score (nSPS) is 18.0. The Morgan fingerprint density at radius 1 is 1.24 bits per heavy atom. The van der Waals surface area contributed by atoms with Crippen molar-refractivity contribution in [2.45, 2.75) is 63.5 Å². The Morgan fingerprint density at radius 3 is 2.38 bits per heavy atom. The molecule has 1 aliphatic rings. The monoisotopic (exact) mass is 308 g/mol. The van der Waals surface area contributed by atoms with Gasteiger partial charge in [-0.3, -0.25) is 0 Å². The molecule has 118 valence electrons. The van der Waals surface area contributed by atoms with Crippen LogP contribution in [-0.2, 0) is 5.41 Å². The van der Waals surface area contributed by atoms with E-state index in [0.29, 0.717) is 10.6 Å². The summed E-state index contributed by atoms with van der Waals surface area (Å²) in [5, 5.41) is 3.55. The molecule has 0 amide bonds. The summed E-state index contributed by atoms with van der Waals surface area (Å²) in [5.74, 6) is 2.28. The van der Waals surface area contributed by atoms with Crippen LogP contribution in [0.15, 0.2) is 0 Å². The van der Waals surface area contributed by atoms with E-state index in [1.807, 2.05) is 18.7 Å². The molecule has 4 nitrogen and oxygen atoms in total. The van der Waals surface area contributed by atoms with Gasteiger partial charge in [-0.25, -0.2) is 9.97 Å². The van der Waals surface area contributed by atoms with Crippen molar-refractivity contribution < 1.29 is 0 Å². The number of hydrogen-bond donors (Lipinski definition) is 2. The number of aromatic nitrogens is 2.